The van der Waals surface area contributed by atoms with Gasteiger partial charge in [0.15, 0.2) is 5.65 Å². The van der Waals surface area contributed by atoms with Crippen LogP contribution in [0.4, 0.5) is 5.82 Å². The fourth-order valence-electron chi connectivity index (χ4n) is 3.04. The second kappa shape index (κ2) is 5.73. The molecule has 1 aliphatic rings. The molecule has 2 aromatic heterocycles. The van der Waals surface area contributed by atoms with Crippen molar-refractivity contribution in [1.29, 1.82) is 0 Å². The van der Waals surface area contributed by atoms with Gasteiger partial charge in [0.05, 0.1) is 0 Å². The van der Waals surface area contributed by atoms with Gasteiger partial charge in [0.2, 0.25) is 0 Å². The van der Waals surface area contributed by atoms with Crippen molar-refractivity contribution in [1.82, 2.24) is 25.3 Å². The molecule has 1 aliphatic carbocycles. The predicted octanol–water partition coefficient (Wildman–Crippen LogP) is 2.54. The zero-order chi connectivity index (χ0) is 13.9. The maximum Gasteiger partial charge on any atom is 0.200 e. The maximum atomic E-state index is 4.40. The Labute approximate surface area is 118 Å². The SMILES string of the molecule is CC(C)CC[C@@H]1CCC[C@@H]1Nc1ccc2nnnn2n1. The van der Waals surface area contributed by atoms with Gasteiger partial charge in [0, 0.05) is 6.04 Å². The van der Waals surface area contributed by atoms with E-state index >= 15 is 0 Å². The summed E-state index contributed by atoms with van der Waals surface area (Å²) >= 11 is 0. The molecule has 1 saturated carbocycles. The zero-order valence-electron chi connectivity index (χ0n) is 12.2. The molecule has 1 fully saturated rings. The molecule has 0 aliphatic heterocycles. The fraction of sp³-hybridized carbons (Fsp3) is 0.714. The minimum absolute atomic E-state index is 0.537. The molecule has 0 amide bonds. The molecule has 20 heavy (non-hydrogen) atoms. The first-order valence-electron chi connectivity index (χ1n) is 7.54. The molecular weight excluding hydrogens is 252 g/mol. The average Bonchev–Trinajstić information content (AvgIpc) is 3.04. The van der Waals surface area contributed by atoms with E-state index in [9.17, 15) is 0 Å². The van der Waals surface area contributed by atoms with Gasteiger partial charge >= 0.3 is 0 Å². The Bertz CT molecular complexity index is 564. The molecule has 1 N–H and O–H groups in total. The molecule has 0 saturated heterocycles. The molecule has 3 rings (SSSR count). The second-order valence-electron chi connectivity index (χ2n) is 6.16. The van der Waals surface area contributed by atoms with E-state index in [1.165, 1.54) is 36.7 Å². The van der Waals surface area contributed by atoms with Crippen molar-refractivity contribution in [2.75, 3.05) is 5.32 Å². The number of tetrazole rings is 1. The zero-order valence-corrected chi connectivity index (χ0v) is 12.2. The van der Waals surface area contributed by atoms with Crippen LogP contribution in [0.2, 0.25) is 0 Å². The number of nitrogens with one attached hydrogen (secondary N) is 1. The molecule has 108 valence electrons. The molecule has 0 radical (unpaired) electrons. The number of anilines is 1. The summed E-state index contributed by atoms with van der Waals surface area (Å²) in [5, 5.41) is 19.3. The van der Waals surface area contributed by atoms with Gasteiger partial charge in [0.25, 0.3) is 0 Å². The van der Waals surface area contributed by atoms with Crippen molar-refractivity contribution >= 4 is 11.5 Å². The van der Waals surface area contributed by atoms with Crippen LogP contribution < -0.4 is 5.32 Å². The molecular formula is C14H22N6. The quantitative estimate of drug-likeness (QED) is 0.907. The summed E-state index contributed by atoms with van der Waals surface area (Å²) in [6, 6.07) is 4.40. The Morgan fingerprint density at radius 1 is 1.35 bits per heavy atom. The van der Waals surface area contributed by atoms with Gasteiger partial charge in [-0.05, 0) is 53.7 Å². The van der Waals surface area contributed by atoms with Gasteiger partial charge in [-0.15, -0.1) is 14.8 Å². The van der Waals surface area contributed by atoms with Crippen molar-refractivity contribution < 1.29 is 0 Å². The Morgan fingerprint density at radius 2 is 2.25 bits per heavy atom. The molecule has 2 atom stereocenters. The lowest BCUT2D eigenvalue weighted by atomic mass is 9.94. The third-order valence-electron chi connectivity index (χ3n) is 4.18. The second-order valence-corrected chi connectivity index (χ2v) is 6.16. The monoisotopic (exact) mass is 274 g/mol. The summed E-state index contributed by atoms with van der Waals surface area (Å²) in [6.45, 7) is 4.59. The highest BCUT2D eigenvalue weighted by atomic mass is 15.6. The van der Waals surface area contributed by atoms with E-state index in [0.29, 0.717) is 11.7 Å². The Balaban J connectivity index is 1.66. The van der Waals surface area contributed by atoms with Crippen LogP contribution >= 0.6 is 0 Å². The maximum absolute atomic E-state index is 4.40. The van der Waals surface area contributed by atoms with Crippen molar-refractivity contribution in [3.05, 3.63) is 12.1 Å². The summed E-state index contributed by atoms with van der Waals surface area (Å²) < 4.78 is 1.47. The van der Waals surface area contributed by atoms with E-state index in [1.807, 2.05) is 12.1 Å². The van der Waals surface area contributed by atoms with Crippen molar-refractivity contribution in [2.45, 2.75) is 52.0 Å². The van der Waals surface area contributed by atoms with Gasteiger partial charge in [-0.1, -0.05) is 26.7 Å². The highest BCUT2D eigenvalue weighted by molar-refractivity contribution is 5.42. The average molecular weight is 274 g/mol. The summed E-state index contributed by atoms with van der Waals surface area (Å²) in [7, 11) is 0. The van der Waals surface area contributed by atoms with Crippen molar-refractivity contribution in [3.8, 4) is 0 Å². The van der Waals surface area contributed by atoms with Gasteiger partial charge in [-0.2, -0.15) is 0 Å². The molecule has 2 aromatic rings. The number of hydrogen-bond donors (Lipinski definition) is 1. The number of hydrogen-bond acceptors (Lipinski definition) is 5. The number of rotatable bonds is 5. The van der Waals surface area contributed by atoms with E-state index in [4.69, 9.17) is 0 Å². The predicted molar refractivity (Wildman–Crippen MR) is 77.4 cm³/mol. The first-order chi connectivity index (χ1) is 9.72. The largest absolute Gasteiger partial charge is 0.366 e. The van der Waals surface area contributed by atoms with Gasteiger partial charge in [0.1, 0.15) is 5.82 Å². The third kappa shape index (κ3) is 2.89. The Kier molecular flexibility index (Phi) is 3.80. The van der Waals surface area contributed by atoms with Crippen LogP contribution in [0.25, 0.3) is 5.65 Å². The van der Waals surface area contributed by atoms with Crippen LogP contribution in [0.15, 0.2) is 12.1 Å². The minimum atomic E-state index is 0.537. The topological polar surface area (TPSA) is 68.0 Å². The molecule has 6 nitrogen and oxygen atoms in total. The highest BCUT2D eigenvalue weighted by Gasteiger charge is 2.27. The van der Waals surface area contributed by atoms with Crippen molar-refractivity contribution in [3.63, 3.8) is 0 Å². The summed E-state index contributed by atoms with van der Waals surface area (Å²) in [6.07, 6.45) is 6.49. The number of fused-ring (bicyclic) bond motifs is 1. The first kappa shape index (κ1) is 13.3. The van der Waals surface area contributed by atoms with E-state index in [1.54, 1.807) is 0 Å². The highest BCUT2D eigenvalue weighted by Crippen LogP contribution is 2.32. The van der Waals surface area contributed by atoms with E-state index < -0.39 is 0 Å². The van der Waals surface area contributed by atoms with Crippen LogP contribution in [0, 0.1) is 11.8 Å². The first-order valence-corrected chi connectivity index (χ1v) is 7.54. The third-order valence-corrected chi connectivity index (χ3v) is 4.18. The summed E-state index contributed by atoms with van der Waals surface area (Å²) in [5.74, 6) is 2.42. The molecule has 2 heterocycles. The van der Waals surface area contributed by atoms with Crippen LogP contribution in [-0.2, 0) is 0 Å². The van der Waals surface area contributed by atoms with Crippen LogP contribution in [0.1, 0.15) is 46.0 Å². The summed E-state index contributed by atoms with van der Waals surface area (Å²) in [5.41, 5.74) is 0.679. The smallest absolute Gasteiger partial charge is 0.200 e. The van der Waals surface area contributed by atoms with Crippen molar-refractivity contribution in [2.24, 2.45) is 11.8 Å². The molecule has 0 unspecified atom stereocenters. The van der Waals surface area contributed by atoms with Crippen LogP contribution in [0.3, 0.4) is 0 Å². The van der Waals surface area contributed by atoms with E-state index in [-0.39, 0.29) is 0 Å². The Morgan fingerprint density at radius 3 is 3.10 bits per heavy atom. The Hall–Kier alpha value is -1.72. The van der Waals surface area contributed by atoms with Gasteiger partial charge in [-0.25, -0.2) is 0 Å². The summed E-state index contributed by atoms with van der Waals surface area (Å²) in [4.78, 5) is 0. The van der Waals surface area contributed by atoms with Crippen LogP contribution in [-0.4, -0.2) is 31.3 Å². The van der Waals surface area contributed by atoms with Gasteiger partial charge in [-0.3, -0.25) is 0 Å². The standard InChI is InChI=1S/C14H22N6/c1-10(2)6-7-11-4-3-5-12(11)15-13-8-9-14-16-18-19-20(14)17-13/h8-12H,3-7H2,1-2H3,(H,15,17)/t11-,12-/m0/s1. The number of aromatic nitrogens is 5. The molecule has 0 bridgehead atoms. The lowest BCUT2D eigenvalue weighted by molar-refractivity contribution is 0.410. The lowest BCUT2D eigenvalue weighted by Gasteiger charge is -2.22. The normalized spacial score (nSPS) is 22.8. The van der Waals surface area contributed by atoms with E-state index in [0.717, 1.165) is 17.7 Å². The van der Waals surface area contributed by atoms with E-state index in [2.05, 4.69) is 39.8 Å². The molecule has 6 heteroatoms. The number of nitrogens with zero attached hydrogens (tertiary/aromatic N) is 5. The fourth-order valence-corrected chi connectivity index (χ4v) is 3.04. The van der Waals surface area contributed by atoms with Crippen LogP contribution in [0.5, 0.6) is 0 Å². The minimum Gasteiger partial charge on any atom is -0.366 e. The lowest BCUT2D eigenvalue weighted by Crippen LogP contribution is -2.25. The molecule has 0 aromatic carbocycles. The van der Waals surface area contributed by atoms with Gasteiger partial charge < -0.3 is 5.32 Å². The molecule has 0 spiro atoms.